The number of aromatic nitrogens is 2. The molecule has 5 N–H and O–H groups in total. The summed E-state index contributed by atoms with van der Waals surface area (Å²) in [6.45, 7) is 0. The molecule has 1 aromatic heterocycles. The van der Waals surface area contributed by atoms with Crippen molar-refractivity contribution >= 4 is 33.2 Å². The molecule has 3 aromatic rings. The van der Waals surface area contributed by atoms with Gasteiger partial charge in [0, 0.05) is 0 Å². The Kier molecular flexibility index (Phi) is 4.48. The van der Waals surface area contributed by atoms with Gasteiger partial charge in [-0.15, -0.1) is 0 Å². The summed E-state index contributed by atoms with van der Waals surface area (Å²) in [5.41, 5.74) is 0.728. The molecule has 0 saturated carbocycles. The molecule has 0 aliphatic heterocycles. The first-order chi connectivity index (χ1) is 10.4. The highest BCUT2D eigenvalue weighted by atomic mass is 32.2. The maximum Gasteiger partial charge on any atom is 0.294 e. The molecule has 0 fully saturated rings. The fraction of sp³-hybridized carbons (Fsp3) is 0. The normalized spacial score (nSPS) is 11.2. The third-order valence-electron chi connectivity index (χ3n) is 3.20. The number of nitrogens with one attached hydrogen (secondary N) is 1. The number of rotatable bonds is 2. The van der Waals surface area contributed by atoms with Crippen LogP contribution in [0.25, 0.3) is 16.6 Å². The molecule has 7 nitrogen and oxygen atoms in total. The molecule has 2 aromatic carbocycles. The summed E-state index contributed by atoms with van der Waals surface area (Å²) in [6.07, 6.45) is 0. The van der Waals surface area contributed by atoms with Gasteiger partial charge in [0.1, 0.15) is 0 Å². The van der Waals surface area contributed by atoms with Gasteiger partial charge >= 0.3 is 0 Å². The average Bonchev–Trinajstić information content (AvgIpc) is 2.47. The van der Waals surface area contributed by atoms with Crippen molar-refractivity contribution in [2.24, 2.45) is 0 Å². The Morgan fingerprint density at radius 1 is 1.04 bits per heavy atom. The molecular formula is C14H13N3O4S2. The minimum absolute atomic E-state index is 0. The summed E-state index contributed by atoms with van der Waals surface area (Å²) in [7, 11) is -4.28. The summed E-state index contributed by atoms with van der Waals surface area (Å²) in [5, 5.41) is 0.468. The summed E-state index contributed by atoms with van der Waals surface area (Å²) in [5.74, 6) is 0. The molecule has 0 unspecified atom stereocenters. The van der Waals surface area contributed by atoms with Crippen molar-refractivity contribution in [3.05, 3.63) is 63.7 Å². The maximum atomic E-state index is 12.5. The van der Waals surface area contributed by atoms with E-state index in [1.54, 1.807) is 24.3 Å². The van der Waals surface area contributed by atoms with Crippen LogP contribution in [0, 0.1) is 4.77 Å². The van der Waals surface area contributed by atoms with Crippen LogP contribution in [-0.2, 0) is 10.1 Å². The standard InChI is InChI=1S/C14H10N2O4S2.H3N/c17-13-11-3-1-2-4-12(11)15-14(21)16(13)9-5-7-10(8-6-9)22(18,19)20;/h1-8H,(H,15,21)(H,18,19,20);1H3. The molecule has 1 heterocycles. The molecule has 0 radical (unpaired) electrons. The van der Waals surface area contributed by atoms with E-state index >= 15 is 0 Å². The van der Waals surface area contributed by atoms with Gasteiger partial charge in [-0.3, -0.25) is 13.9 Å². The van der Waals surface area contributed by atoms with Crippen LogP contribution in [-0.4, -0.2) is 22.5 Å². The molecule has 23 heavy (non-hydrogen) atoms. The van der Waals surface area contributed by atoms with Gasteiger partial charge in [0.2, 0.25) is 0 Å². The summed E-state index contributed by atoms with van der Waals surface area (Å²) >= 11 is 5.20. The van der Waals surface area contributed by atoms with E-state index in [0.29, 0.717) is 16.6 Å². The van der Waals surface area contributed by atoms with Crippen LogP contribution in [0.15, 0.2) is 58.2 Å². The molecule has 0 aliphatic carbocycles. The van der Waals surface area contributed by atoms with E-state index in [9.17, 15) is 13.2 Å². The summed E-state index contributed by atoms with van der Waals surface area (Å²) in [4.78, 5) is 15.2. The van der Waals surface area contributed by atoms with Gasteiger partial charge in [0.15, 0.2) is 4.77 Å². The number of H-pyrrole nitrogens is 1. The third-order valence-corrected chi connectivity index (χ3v) is 4.35. The molecule has 0 saturated heterocycles. The lowest BCUT2D eigenvalue weighted by atomic mass is 10.2. The molecule has 0 spiro atoms. The summed E-state index contributed by atoms with van der Waals surface area (Å²) in [6, 6.07) is 12.2. The number of hydrogen-bond donors (Lipinski definition) is 3. The molecule has 0 amide bonds. The Morgan fingerprint density at radius 3 is 2.26 bits per heavy atom. The second kappa shape index (κ2) is 6.05. The van der Waals surface area contributed by atoms with Crippen LogP contribution >= 0.6 is 12.2 Å². The van der Waals surface area contributed by atoms with E-state index in [2.05, 4.69) is 4.98 Å². The number of benzene rings is 2. The average molecular weight is 351 g/mol. The van der Waals surface area contributed by atoms with Crippen LogP contribution in [0.3, 0.4) is 0 Å². The Balaban J connectivity index is 0.00000192. The number of fused-ring (bicyclic) bond motifs is 1. The van der Waals surface area contributed by atoms with E-state index in [4.69, 9.17) is 16.8 Å². The van der Waals surface area contributed by atoms with Gasteiger partial charge in [0.25, 0.3) is 15.7 Å². The first-order valence-electron chi connectivity index (χ1n) is 6.20. The van der Waals surface area contributed by atoms with Crippen LogP contribution in [0.4, 0.5) is 0 Å². The van der Waals surface area contributed by atoms with Gasteiger partial charge in [-0.1, -0.05) is 12.1 Å². The molecule has 9 heteroatoms. The van der Waals surface area contributed by atoms with Crippen molar-refractivity contribution in [2.75, 3.05) is 0 Å². The lowest BCUT2D eigenvalue weighted by molar-refractivity contribution is 0.483. The van der Waals surface area contributed by atoms with Crippen molar-refractivity contribution in [3.63, 3.8) is 0 Å². The first-order valence-corrected chi connectivity index (χ1v) is 8.05. The molecule has 3 rings (SSSR count). The highest BCUT2D eigenvalue weighted by Crippen LogP contribution is 2.14. The topological polar surface area (TPSA) is 127 Å². The molecule has 0 atom stereocenters. The monoisotopic (exact) mass is 351 g/mol. The fourth-order valence-electron chi connectivity index (χ4n) is 2.16. The van der Waals surface area contributed by atoms with E-state index in [-0.39, 0.29) is 21.4 Å². The number of nitrogens with zero attached hydrogens (tertiary/aromatic N) is 1. The van der Waals surface area contributed by atoms with Gasteiger partial charge in [0.05, 0.1) is 21.5 Å². The Bertz CT molecular complexity index is 1080. The quantitative estimate of drug-likeness (QED) is 0.481. The highest BCUT2D eigenvalue weighted by molar-refractivity contribution is 7.85. The van der Waals surface area contributed by atoms with Crippen LogP contribution in [0.5, 0.6) is 0 Å². The van der Waals surface area contributed by atoms with E-state index in [1.165, 1.54) is 28.8 Å². The Morgan fingerprint density at radius 2 is 1.65 bits per heavy atom. The van der Waals surface area contributed by atoms with E-state index in [0.717, 1.165) is 0 Å². The predicted molar refractivity (Wildman–Crippen MR) is 89.6 cm³/mol. The zero-order valence-corrected chi connectivity index (χ0v) is 13.4. The minimum Gasteiger partial charge on any atom is -0.344 e. The van der Waals surface area contributed by atoms with Gasteiger partial charge in [-0.25, -0.2) is 0 Å². The summed E-state index contributed by atoms with van der Waals surface area (Å²) < 4.78 is 32.5. The SMILES string of the molecule is N.O=c1c2ccccc2[nH]c(=S)n1-c1ccc(S(=O)(=O)O)cc1. The second-order valence-electron chi connectivity index (χ2n) is 4.59. The third kappa shape index (κ3) is 3.08. The smallest absolute Gasteiger partial charge is 0.294 e. The van der Waals surface area contributed by atoms with Crippen molar-refractivity contribution in [2.45, 2.75) is 4.90 Å². The maximum absolute atomic E-state index is 12.5. The molecule has 0 aliphatic rings. The van der Waals surface area contributed by atoms with Crippen molar-refractivity contribution in [3.8, 4) is 5.69 Å². The van der Waals surface area contributed by atoms with E-state index < -0.39 is 10.1 Å². The van der Waals surface area contributed by atoms with E-state index in [1.807, 2.05) is 0 Å². The number of para-hydroxylation sites is 1. The highest BCUT2D eigenvalue weighted by Gasteiger charge is 2.11. The Labute approximate surface area is 136 Å². The lowest BCUT2D eigenvalue weighted by Crippen LogP contribution is -2.20. The van der Waals surface area contributed by atoms with Crippen molar-refractivity contribution in [1.82, 2.24) is 15.7 Å². The van der Waals surface area contributed by atoms with Crippen molar-refractivity contribution in [1.29, 1.82) is 0 Å². The number of hydrogen-bond acceptors (Lipinski definition) is 5. The predicted octanol–water partition coefficient (Wildman–Crippen LogP) is 2.46. The molecule has 120 valence electrons. The molecular weight excluding hydrogens is 338 g/mol. The minimum atomic E-state index is -4.28. The fourth-order valence-corrected chi connectivity index (χ4v) is 2.94. The lowest BCUT2D eigenvalue weighted by Gasteiger charge is -2.08. The van der Waals surface area contributed by atoms with Crippen LogP contribution in [0.1, 0.15) is 0 Å². The van der Waals surface area contributed by atoms with Crippen LogP contribution in [0.2, 0.25) is 0 Å². The zero-order valence-electron chi connectivity index (χ0n) is 11.8. The first kappa shape index (κ1) is 17.0. The molecule has 0 bridgehead atoms. The van der Waals surface area contributed by atoms with Gasteiger partial charge in [-0.05, 0) is 48.6 Å². The second-order valence-corrected chi connectivity index (χ2v) is 6.39. The Hall–Kier alpha value is -2.33. The van der Waals surface area contributed by atoms with Crippen molar-refractivity contribution < 1.29 is 13.0 Å². The number of aromatic amines is 1. The van der Waals surface area contributed by atoms with Crippen LogP contribution < -0.4 is 11.7 Å². The zero-order chi connectivity index (χ0) is 15.9. The largest absolute Gasteiger partial charge is 0.344 e. The van der Waals surface area contributed by atoms with Gasteiger partial charge in [-0.2, -0.15) is 8.42 Å². The van der Waals surface area contributed by atoms with Gasteiger partial charge < -0.3 is 11.1 Å².